The van der Waals surface area contributed by atoms with Crippen LogP contribution < -0.4 is 9.47 Å². The van der Waals surface area contributed by atoms with Crippen molar-refractivity contribution in [3.05, 3.63) is 108 Å². The Morgan fingerprint density at radius 3 is 2.00 bits per heavy atom. The average Bonchev–Trinajstić information content (AvgIpc) is 2.92. The van der Waals surface area contributed by atoms with Crippen LogP contribution in [0.15, 0.2) is 91.0 Å². The molecule has 3 aromatic carbocycles. The Morgan fingerprint density at radius 2 is 1.37 bits per heavy atom. The zero-order valence-electron chi connectivity index (χ0n) is 21.6. The standard InChI is InChI=1S/C32H36O6/c33-31(34)13-5-4-8-26(24-27-14-18-28(19-15-27)32(35)36)10-6-9-25-16-20-30(21-17-25)38-23-7-22-37-29-11-2-1-3-12-29/h1-3,6,10-12,14-21,26H,4-5,7-9,13,22-24H2,(H,33,34)(H,35,36). The van der Waals surface area contributed by atoms with Crippen molar-refractivity contribution in [3.63, 3.8) is 0 Å². The van der Waals surface area contributed by atoms with Gasteiger partial charge in [-0.3, -0.25) is 4.79 Å². The SMILES string of the molecule is O=C(O)CCCCC(C=CCc1ccc(OCCCOc2ccccc2)cc1)Cc1ccc(C(=O)O)cc1. The summed E-state index contributed by atoms with van der Waals surface area (Å²) in [4.78, 5) is 22.0. The minimum absolute atomic E-state index is 0.179. The van der Waals surface area contributed by atoms with Crippen molar-refractivity contribution >= 4 is 11.9 Å². The van der Waals surface area contributed by atoms with Crippen LogP contribution >= 0.6 is 0 Å². The van der Waals surface area contributed by atoms with Crippen LogP contribution in [0.25, 0.3) is 0 Å². The van der Waals surface area contributed by atoms with Gasteiger partial charge < -0.3 is 19.7 Å². The zero-order valence-corrected chi connectivity index (χ0v) is 21.6. The van der Waals surface area contributed by atoms with E-state index in [1.165, 1.54) is 5.56 Å². The van der Waals surface area contributed by atoms with Crippen LogP contribution in [0.1, 0.15) is 53.6 Å². The van der Waals surface area contributed by atoms with Crippen LogP contribution in [0.2, 0.25) is 0 Å². The van der Waals surface area contributed by atoms with Gasteiger partial charge in [0.2, 0.25) is 0 Å². The lowest BCUT2D eigenvalue weighted by Crippen LogP contribution is -2.05. The van der Waals surface area contributed by atoms with Gasteiger partial charge in [0.15, 0.2) is 0 Å². The predicted molar refractivity (Wildman–Crippen MR) is 148 cm³/mol. The number of aliphatic carboxylic acids is 1. The number of allylic oxidation sites excluding steroid dienone is 2. The molecule has 3 rings (SSSR count). The number of carboxylic acids is 2. The molecule has 0 saturated heterocycles. The molecule has 3 aromatic rings. The second kappa shape index (κ2) is 15.9. The van der Waals surface area contributed by atoms with Crippen molar-refractivity contribution in [2.75, 3.05) is 13.2 Å². The number of aromatic carboxylic acids is 1. The van der Waals surface area contributed by atoms with Crippen LogP contribution in [0.3, 0.4) is 0 Å². The van der Waals surface area contributed by atoms with Crippen molar-refractivity contribution < 1.29 is 29.3 Å². The van der Waals surface area contributed by atoms with Gasteiger partial charge in [-0.15, -0.1) is 0 Å². The van der Waals surface area contributed by atoms with Crippen LogP contribution in [0.4, 0.5) is 0 Å². The molecule has 0 saturated carbocycles. The summed E-state index contributed by atoms with van der Waals surface area (Å²) >= 11 is 0. The van der Waals surface area contributed by atoms with Gasteiger partial charge in [-0.25, -0.2) is 4.79 Å². The number of carbonyl (C=O) groups is 2. The lowest BCUT2D eigenvalue weighted by atomic mass is 9.92. The molecule has 0 aromatic heterocycles. The number of rotatable bonds is 17. The van der Waals surface area contributed by atoms with E-state index < -0.39 is 11.9 Å². The second-order valence-corrected chi connectivity index (χ2v) is 9.25. The fraction of sp³-hybridized carbons (Fsp3) is 0.312. The Hall–Kier alpha value is -4.06. The first kappa shape index (κ1) is 28.5. The molecule has 0 aliphatic heterocycles. The third-order valence-electron chi connectivity index (χ3n) is 6.17. The normalized spacial score (nSPS) is 11.8. The molecule has 200 valence electrons. The van der Waals surface area contributed by atoms with E-state index in [1.54, 1.807) is 12.1 Å². The Bertz CT molecular complexity index is 1140. The van der Waals surface area contributed by atoms with E-state index in [-0.39, 0.29) is 17.9 Å². The maximum atomic E-state index is 11.1. The van der Waals surface area contributed by atoms with E-state index in [0.717, 1.165) is 49.2 Å². The predicted octanol–water partition coefficient (Wildman–Crippen LogP) is 6.84. The largest absolute Gasteiger partial charge is 0.493 e. The molecule has 1 unspecified atom stereocenters. The van der Waals surface area contributed by atoms with Gasteiger partial charge in [-0.2, -0.15) is 0 Å². The molecular formula is C32H36O6. The van der Waals surface area contributed by atoms with E-state index in [4.69, 9.17) is 19.7 Å². The molecule has 0 amide bonds. The van der Waals surface area contributed by atoms with Crippen molar-refractivity contribution in [1.82, 2.24) is 0 Å². The minimum Gasteiger partial charge on any atom is -0.493 e. The highest BCUT2D eigenvalue weighted by molar-refractivity contribution is 5.87. The zero-order chi connectivity index (χ0) is 27.0. The summed E-state index contributed by atoms with van der Waals surface area (Å²) in [7, 11) is 0. The summed E-state index contributed by atoms with van der Waals surface area (Å²) in [5, 5.41) is 18.0. The monoisotopic (exact) mass is 516 g/mol. The van der Waals surface area contributed by atoms with Gasteiger partial charge in [0.1, 0.15) is 11.5 Å². The molecular weight excluding hydrogens is 480 g/mol. The highest BCUT2D eigenvalue weighted by Crippen LogP contribution is 2.20. The van der Waals surface area contributed by atoms with Crippen LogP contribution in [-0.2, 0) is 17.6 Å². The van der Waals surface area contributed by atoms with Crippen LogP contribution in [0.5, 0.6) is 11.5 Å². The highest BCUT2D eigenvalue weighted by atomic mass is 16.5. The van der Waals surface area contributed by atoms with Gasteiger partial charge in [-0.05, 0) is 79.1 Å². The molecule has 1 atom stereocenters. The molecule has 6 heteroatoms. The van der Waals surface area contributed by atoms with Gasteiger partial charge >= 0.3 is 11.9 Å². The van der Waals surface area contributed by atoms with E-state index in [0.29, 0.717) is 19.6 Å². The third kappa shape index (κ3) is 10.9. The van der Waals surface area contributed by atoms with Crippen LogP contribution in [-0.4, -0.2) is 35.4 Å². The first-order chi connectivity index (χ1) is 18.5. The lowest BCUT2D eigenvalue weighted by Gasteiger charge is -2.13. The number of ether oxygens (including phenoxy) is 2. The van der Waals surface area contributed by atoms with Crippen molar-refractivity contribution in [2.45, 2.75) is 44.9 Å². The highest BCUT2D eigenvalue weighted by Gasteiger charge is 2.09. The Balaban J connectivity index is 1.45. The first-order valence-electron chi connectivity index (χ1n) is 13.1. The summed E-state index contributed by atoms with van der Waals surface area (Å²) in [6.45, 7) is 1.19. The summed E-state index contributed by atoms with van der Waals surface area (Å²) < 4.78 is 11.5. The molecule has 0 heterocycles. The number of hydrogen-bond acceptors (Lipinski definition) is 4. The maximum Gasteiger partial charge on any atom is 0.335 e. The summed E-state index contributed by atoms with van der Waals surface area (Å²) in [5.41, 5.74) is 2.52. The fourth-order valence-corrected chi connectivity index (χ4v) is 4.11. The molecule has 0 aliphatic rings. The van der Waals surface area contributed by atoms with Crippen molar-refractivity contribution in [3.8, 4) is 11.5 Å². The molecule has 38 heavy (non-hydrogen) atoms. The smallest absolute Gasteiger partial charge is 0.335 e. The topological polar surface area (TPSA) is 93.1 Å². The van der Waals surface area contributed by atoms with Gasteiger partial charge in [0.25, 0.3) is 0 Å². The molecule has 0 radical (unpaired) electrons. The molecule has 0 aliphatic carbocycles. The number of benzene rings is 3. The number of carboxylic acid groups (broad SMARTS) is 2. The van der Waals surface area contributed by atoms with E-state index in [9.17, 15) is 9.59 Å². The average molecular weight is 517 g/mol. The molecule has 0 bridgehead atoms. The Labute approximate surface area is 224 Å². The second-order valence-electron chi connectivity index (χ2n) is 9.25. The number of para-hydroxylation sites is 1. The fourth-order valence-electron chi connectivity index (χ4n) is 4.11. The van der Waals surface area contributed by atoms with Crippen molar-refractivity contribution in [2.24, 2.45) is 5.92 Å². The van der Waals surface area contributed by atoms with Crippen LogP contribution in [0, 0.1) is 5.92 Å². The van der Waals surface area contributed by atoms with E-state index in [2.05, 4.69) is 24.3 Å². The summed E-state index contributed by atoms with van der Waals surface area (Å²) in [6.07, 6.45) is 9.26. The van der Waals surface area contributed by atoms with E-state index >= 15 is 0 Å². The quantitative estimate of drug-likeness (QED) is 0.151. The molecule has 2 N–H and O–H groups in total. The minimum atomic E-state index is -0.935. The third-order valence-corrected chi connectivity index (χ3v) is 6.17. The summed E-state index contributed by atoms with van der Waals surface area (Å²) in [6, 6.07) is 24.8. The van der Waals surface area contributed by atoms with Gasteiger partial charge in [0, 0.05) is 12.8 Å². The Morgan fingerprint density at radius 1 is 0.737 bits per heavy atom. The molecule has 0 spiro atoms. The summed E-state index contributed by atoms with van der Waals surface area (Å²) in [5.74, 6) is 0.242. The lowest BCUT2D eigenvalue weighted by molar-refractivity contribution is -0.137. The number of unbranched alkanes of at least 4 members (excludes halogenated alkanes) is 1. The van der Waals surface area contributed by atoms with Gasteiger partial charge in [0.05, 0.1) is 18.8 Å². The van der Waals surface area contributed by atoms with E-state index in [1.807, 2.05) is 54.6 Å². The van der Waals surface area contributed by atoms with Crippen molar-refractivity contribution in [1.29, 1.82) is 0 Å². The van der Waals surface area contributed by atoms with Gasteiger partial charge in [-0.1, -0.05) is 61.0 Å². The Kier molecular flexibility index (Phi) is 11.9. The number of hydrogen-bond donors (Lipinski definition) is 2. The molecule has 0 fully saturated rings. The molecule has 6 nitrogen and oxygen atoms in total. The first-order valence-corrected chi connectivity index (χ1v) is 13.1. The maximum absolute atomic E-state index is 11.1.